The number of pyridine rings is 1. The summed E-state index contributed by atoms with van der Waals surface area (Å²) in [5.41, 5.74) is 3.04. The Labute approximate surface area is 165 Å². The number of aromatic nitrogens is 1. The normalized spacial score (nSPS) is 11.2. The number of hydrogen-bond acceptors (Lipinski definition) is 3. The highest BCUT2D eigenvalue weighted by Gasteiger charge is 2.22. The van der Waals surface area contributed by atoms with Gasteiger partial charge in [0.1, 0.15) is 0 Å². The highest BCUT2D eigenvalue weighted by molar-refractivity contribution is 5.98. The second-order valence-corrected chi connectivity index (χ2v) is 7.47. The molecule has 3 rings (SSSR count). The molecule has 0 unspecified atom stereocenters. The van der Waals surface area contributed by atoms with Gasteiger partial charge in [-0.2, -0.15) is 0 Å². The smallest absolute Gasteiger partial charge is 0.251 e. The van der Waals surface area contributed by atoms with Crippen LogP contribution in [-0.2, 0) is 4.79 Å². The predicted octanol–water partition coefficient (Wildman–Crippen LogP) is 3.94. The lowest BCUT2D eigenvalue weighted by Gasteiger charge is -2.26. The van der Waals surface area contributed by atoms with Gasteiger partial charge in [0.2, 0.25) is 5.91 Å². The van der Waals surface area contributed by atoms with Gasteiger partial charge in [0, 0.05) is 36.2 Å². The Bertz CT molecular complexity index is 1010. The van der Waals surface area contributed by atoms with Crippen molar-refractivity contribution in [2.45, 2.75) is 32.2 Å². The van der Waals surface area contributed by atoms with Crippen LogP contribution in [0.3, 0.4) is 0 Å². The molecule has 1 heterocycles. The Morgan fingerprint density at radius 2 is 1.82 bits per heavy atom. The second kappa shape index (κ2) is 8.21. The van der Waals surface area contributed by atoms with E-state index in [0.29, 0.717) is 18.4 Å². The molecule has 0 saturated heterocycles. The molecule has 2 amide bonds. The molecule has 28 heavy (non-hydrogen) atoms. The zero-order valence-corrected chi connectivity index (χ0v) is 16.5. The lowest BCUT2D eigenvalue weighted by Crippen LogP contribution is -2.44. The largest absolute Gasteiger partial charge is 0.359 e. The highest BCUT2D eigenvalue weighted by atomic mass is 16.2. The quantitative estimate of drug-likeness (QED) is 0.686. The van der Waals surface area contributed by atoms with Gasteiger partial charge >= 0.3 is 0 Å². The van der Waals surface area contributed by atoms with Crippen molar-refractivity contribution in [1.29, 1.82) is 0 Å². The maximum absolute atomic E-state index is 12.8. The minimum atomic E-state index is -0.483. The first-order valence-corrected chi connectivity index (χ1v) is 9.37. The van der Waals surface area contributed by atoms with Gasteiger partial charge in [-0.15, -0.1) is 0 Å². The van der Waals surface area contributed by atoms with E-state index >= 15 is 0 Å². The topological polar surface area (TPSA) is 71.1 Å². The highest BCUT2D eigenvalue weighted by Crippen LogP contribution is 2.28. The molecule has 0 atom stereocenters. The number of amides is 2. The van der Waals surface area contributed by atoms with Crippen LogP contribution in [-0.4, -0.2) is 29.4 Å². The van der Waals surface area contributed by atoms with Crippen LogP contribution in [0.15, 0.2) is 60.8 Å². The summed E-state index contributed by atoms with van der Waals surface area (Å²) in [7, 11) is 1.61. The van der Waals surface area contributed by atoms with Gasteiger partial charge in [0.15, 0.2) is 0 Å². The van der Waals surface area contributed by atoms with Crippen LogP contribution in [0.5, 0.6) is 0 Å². The number of rotatable bonds is 6. The molecule has 2 N–H and O–H groups in total. The number of carbonyl (C=O) groups is 2. The fourth-order valence-corrected chi connectivity index (χ4v) is 3.17. The molecule has 3 aromatic rings. The van der Waals surface area contributed by atoms with Gasteiger partial charge in [-0.1, -0.05) is 30.3 Å². The Morgan fingerprint density at radius 1 is 1.04 bits per heavy atom. The van der Waals surface area contributed by atoms with Crippen molar-refractivity contribution in [3.63, 3.8) is 0 Å². The van der Waals surface area contributed by atoms with Gasteiger partial charge in [0.05, 0.1) is 5.52 Å². The molecule has 0 aliphatic heterocycles. The van der Waals surface area contributed by atoms with Gasteiger partial charge in [0.25, 0.3) is 5.91 Å². The van der Waals surface area contributed by atoms with Crippen LogP contribution in [0.1, 0.15) is 37.0 Å². The molecule has 2 aromatic carbocycles. The fourth-order valence-electron chi connectivity index (χ4n) is 3.17. The third-order valence-electron chi connectivity index (χ3n) is 4.79. The summed E-state index contributed by atoms with van der Waals surface area (Å²) in [4.78, 5) is 28.7. The predicted molar refractivity (Wildman–Crippen MR) is 112 cm³/mol. The summed E-state index contributed by atoms with van der Waals surface area (Å²) in [5.74, 6) is -0.184. The lowest BCUT2D eigenvalue weighted by molar-refractivity contribution is -0.121. The van der Waals surface area contributed by atoms with Crippen molar-refractivity contribution >= 4 is 22.7 Å². The summed E-state index contributed by atoms with van der Waals surface area (Å²) in [6.07, 6.45) is 2.71. The summed E-state index contributed by atoms with van der Waals surface area (Å²) in [6, 6.07) is 17.5. The average molecular weight is 375 g/mol. The SMILES string of the molecule is CNC(=O)CCC(C)(C)NC(=O)c1cccc(-c2ccnc3ccccc23)c1. The van der Waals surface area contributed by atoms with Crippen LogP contribution in [0, 0.1) is 0 Å². The standard InChI is InChI=1S/C23H25N3O2/c1-23(2,13-11-21(27)24-3)26-22(28)17-8-6-7-16(15-17)18-12-14-25-20-10-5-4-9-19(18)20/h4-10,12,14-15H,11,13H2,1-3H3,(H,24,27)(H,26,28). The molecule has 0 saturated carbocycles. The minimum absolute atomic E-state index is 0.0334. The first-order valence-electron chi connectivity index (χ1n) is 9.37. The van der Waals surface area contributed by atoms with Crippen molar-refractivity contribution in [2.24, 2.45) is 0 Å². The number of nitrogens with one attached hydrogen (secondary N) is 2. The van der Waals surface area contributed by atoms with Gasteiger partial charge in [-0.25, -0.2) is 0 Å². The fraction of sp³-hybridized carbons (Fsp3) is 0.261. The van der Waals surface area contributed by atoms with Crippen LogP contribution in [0.2, 0.25) is 0 Å². The van der Waals surface area contributed by atoms with E-state index in [1.807, 2.05) is 62.4 Å². The first kappa shape index (κ1) is 19.5. The van der Waals surface area contributed by atoms with E-state index in [4.69, 9.17) is 0 Å². The maximum Gasteiger partial charge on any atom is 0.251 e. The van der Waals surface area contributed by atoms with Gasteiger partial charge in [-0.3, -0.25) is 14.6 Å². The number of benzene rings is 2. The van der Waals surface area contributed by atoms with E-state index < -0.39 is 5.54 Å². The van der Waals surface area contributed by atoms with E-state index in [9.17, 15) is 9.59 Å². The molecule has 5 nitrogen and oxygen atoms in total. The van der Waals surface area contributed by atoms with Crippen LogP contribution >= 0.6 is 0 Å². The number of nitrogens with zero attached hydrogens (tertiary/aromatic N) is 1. The Kier molecular flexibility index (Phi) is 5.73. The molecular weight excluding hydrogens is 350 g/mol. The van der Waals surface area contributed by atoms with Crippen LogP contribution < -0.4 is 10.6 Å². The maximum atomic E-state index is 12.8. The van der Waals surface area contributed by atoms with Gasteiger partial charge < -0.3 is 10.6 Å². The van der Waals surface area contributed by atoms with E-state index in [-0.39, 0.29) is 11.8 Å². The summed E-state index contributed by atoms with van der Waals surface area (Å²) < 4.78 is 0. The van der Waals surface area contributed by atoms with Crippen LogP contribution in [0.4, 0.5) is 0 Å². The molecular formula is C23H25N3O2. The minimum Gasteiger partial charge on any atom is -0.359 e. The molecule has 0 radical (unpaired) electrons. The van der Waals surface area contributed by atoms with Crippen LogP contribution in [0.25, 0.3) is 22.0 Å². The molecule has 5 heteroatoms. The van der Waals surface area contributed by atoms with Crippen molar-refractivity contribution < 1.29 is 9.59 Å². The Morgan fingerprint density at radius 3 is 2.61 bits per heavy atom. The van der Waals surface area contributed by atoms with E-state index in [1.165, 1.54) is 0 Å². The molecule has 0 aliphatic carbocycles. The summed E-state index contributed by atoms with van der Waals surface area (Å²) in [6.45, 7) is 3.85. The molecule has 1 aromatic heterocycles. The number of carbonyl (C=O) groups excluding carboxylic acids is 2. The number of para-hydroxylation sites is 1. The number of fused-ring (bicyclic) bond motifs is 1. The third-order valence-corrected chi connectivity index (χ3v) is 4.79. The molecule has 0 aliphatic rings. The second-order valence-electron chi connectivity index (χ2n) is 7.47. The molecule has 0 bridgehead atoms. The lowest BCUT2D eigenvalue weighted by atomic mass is 9.96. The Hall–Kier alpha value is -3.21. The first-order chi connectivity index (χ1) is 13.4. The van der Waals surface area contributed by atoms with Gasteiger partial charge in [-0.05, 0) is 55.7 Å². The zero-order chi connectivity index (χ0) is 20.1. The summed E-state index contributed by atoms with van der Waals surface area (Å²) >= 11 is 0. The van der Waals surface area contributed by atoms with E-state index in [0.717, 1.165) is 22.0 Å². The Balaban J connectivity index is 1.83. The van der Waals surface area contributed by atoms with E-state index in [2.05, 4.69) is 15.6 Å². The van der Waals surface area contributed by atoms with Crippen molar-refractivity contribution in [3.8, 4) is 11.1 Å². The van der Waals surface area contributed by atoms with Crippen molar-refractivity contribution in [1.82, 2.24) is 15.6 Å². The third kappa shape index (κ3) is 4.55. The molecule has 0 fully saturated rings. The van der Waals surface area contributed by atoms with Crippen molar-refractivity contribution in [2.75, 3.05) is 7.05 Å². The van der Waals surface area contributed by atoms with E-state index in [1.54, 1.807) is 19.3 Å². The average Bonchev–Trinajstić information content (AvgIpc) is 2.71. The monoisotopic (exact) mass is 375 g/mol. The molecule has 0 spiro atoms. The molecule has 144 valence electrons. The number of hydrogen-bond donors (Lipinski definition) is 2. The summed E-state index contributed by atoms with van der Waals surface area (Å²) in [5, 5.41) is 6.69. The van der Waals surface area contributed by atoms with Crippen molar-refractivity contribution in [3.05, 3.63) is 66.4 Å². The zero-order valence-electron chi connectivity index (χ0n) is 16.5.